The Morgan fingerprint density at radius 3 is 2.42 bits per heavy atom. The van der Waals surface area contributed by atoms with E-state index in [0.29, 0.717) is 40.0 Å². The molecular weight excluding hydrogens is 354 g/mol. The summed E-state index contributed by atoms with van der Waals surface area (Å²) in [7, 11) is 3.01. The standard InChI is InChI=1S/C19H16ClN3O3/c1-22-17-16(18(25)23(2)19(22)26)13-7-11(8-15(24)14(13)9-21-17)10-3-5-12(20)6-4-10/h3-6,9,11H,7-8H2,1-2H3/t11-/m0/s1. The second-order valence-corrected chi connectivity index (χ2v) is 7.07. The van der Waals surface area contributed by atoms with Gasteiger partial charge >= 0.3 is 5.69 Å². The number of hydrogen-bond donors (Lipinski definition) is 0. The van der Waals surface area contributed by atoms with Crippen LogP contribution in [0, 0.1) is 0 Å². The van der Waals surface area contributed by atoms with E-state index in [1.165, 1.54) is 17.8 Å². The lowest BCUT2D eigenvalue weighted by atomic mass is 9.79. The van der Waals surface area contributed by atoms with Crippen molar-refractivity contribution in [3.8, 4) is 0 Å². The molecule has 0 fully saturated rings. The molecule has 1 aliphatic rings. The molecule has 0 N–H and O–H groups in total. The fourth-order valence-corrected chi connectivity index (χ4v) is 3.79. The van der Waals surface area contributed by atoms with E-state index in [-0.39, 0.29) is 11.7 Å². The third kappa shape index (κ3) is 2.41. The molecule has 1 atom stereocenters. The second-order valence-electron chi connectivity index (χ2n) is 6.63. The molecule has 1 aliphatic carbocycles. The van der Waals surface area contributed by atoms with E-state index in [2.05, 4.69) is 4.98 Å². The first-order chi connectivity index (χ1) is 12.4. The fourth-order valence-electron chi connectivity index (χ4n) is 3.66. The van der Waals surface area contributed by atoms with Crippen LogP contribution in [-0.4, -0.2) is 19.9 Å². The van der Waals surface area contributed by atoms with E-state index < -0.39 is 11.2 Å². The third-order valence-electron chi connectivity index (χ3n) is 5.10. The molecule has 0 saturated carbocycles. The van der Waals surface area contributed by atoms with Gasteiger partial charge in [0.15, 0.2) is 5.78 Å². The number of halogens is 1. The predicted molar refractivity (Wildman–Crippen MR) is 99.1 cm³/mol. The number of nitrogens with zero attached hydrogens (tertiary/aromatic N) is 3. The Bertz CT molecular complexity index is 1180. The maximum absolute atomic E-state index is 12.7. The molecule has 0 amide bonds. The fraction of sp³-hybridized carbons (Fsp3) is 0.263. The number of hydrogen-bond acceptors (Lipinski definition) is 4. The van der Waals surface area contributed by atoms with Crippen molar-refractivity contribution in [1.29, 1.82) is 0 Å². The van der Waals surface area contributed by atoms with Crippen LogP contribution in [0.3, 0.4) is 0 Å². The van der Waals surface area contributed by atoms with Gasteiger partial charge in [-0.25, -0.2) is 9.78 Å². The van der Waals surface area contributed by atoms with Gasteiger partial charge in [-0.1, -0.05) is 23.7 Å². The van der Waals surface area contributed by atoms with Crippen LogP contribution in [0.4, 0.5) is 0 Å². The van der Waals surface area contributed by atoms with Crippen LogP contribution in [0.2, 0.25) is 5.02 Å². The van der Waals surface area contributed by atoms with Crippen molar-refractivity contribution in [2.24, 2.45) is 14.1 Å². The highest BCUT2D eigenvalue weighted by Crippen LogP contribution is 2.35. The van der Waals surface area contributed by atoms with Crippen LogP contribution in [0.1, 0.15) is 33.8 Å². The number of aromatic nitrogens is 3. The van der Waals surface area contributed by atoms with Crippen LogP contribution >= 0.6 is 11.6 Å². The van der Waals surface area contributed by atoms with Crippen molar-refractivity contribution >= 4 is 28.4 Å². The lowest BCUT2D eigenvalue weighted by Gasteiger charge is -2.25. The van der Waals surface area contributed by atoms with Gasteiger partial charge in [0.2, 0.25) is 0 Å². The topological polar surface area (TPSA) is 74.0 Å². The molecule has 132 valence electrons. The zero-order chi connectivity index (χ0) is 18.6. The summed E-state index contributed by atoms with van der Waals surface area (Å²) < 4.78 is 2.40. The molecule has 4 rings (SSSR count). The molecule has 0 saturated heterocycles. The number of carbonyl (C=O) groups excluding carboxylic acids is 1. The molecule has 0 radical (unpaired) electrons. The Hall–Kier alpha value is -2.73. The van der Waals surface area contributed by atoms with E-state index in [1.807, 2.05) is 12.1 Å². The Balaban J connectivity index is 1.97. The highest BCUT2D eigenvalue weighted by atomic mass is 35.5. The number of pyridine rings is 1. The third-order valence-corrected chi connectivity index (χ3v) is 5.35. The molecule has 6 nitrogen and oxygen atoms in total. The number of carbonyl (C=O) groups is 1. The SMILES string of the molecule is Cn1c(=O)c2c3c(cnc2n(C)c1=O)C(=O)C[C@@H](c1ccc(Cl)cc1)C3. The first-order valence-electron chi connectivity index (χ1n) is 8.24. The van der Waals surface area contributed by atoms with Gasteiger partial charge in [-0.05, 0) is 35.6 Å². The Morgan fingerprint density at radius 2 is 1.73 bits per heavy atom. The van der Waals surface area contributed by atoms with Crippen molar-refractivity contribution in [2.45, 2.75) is 18.8 Å². The summed E-state index contributed by atoms with van der Waals surface area (Å²) in [5.74, 6) is -0.0867. The summed E-state index contributed by atoms with van der Waals surface area (Å²) in [5.41, 5.74) is 1.59. The Kier molecular flexibility index (Phi) is 3.80. The minimum Gasteiger partial charge on any atom is -0.294 e. The van der Waals surface area contributed by atoms with Crippen LogP contribution in [0.15, 0.2) is 40.1 Å². The van der Waals surface area contributed by atoms with Crippen molar-refractivity contribution in [1.82, 2.24) is 14.1 Å². The smallest absolute Gasteiger partial charge is 0.294 e. The van der Waals surface area contributed by atoms with E-state index in [4.69, 9.17) is 11.6 Å². The van der Waals surface area contributed by atoms with Crippen molar-refractivity contribution in [3.05, 3.63) is 73.0 Å². The Morgan fingerprint density at radius 1 is 1.04 bits per heavy atom. The van der Waals surface area contributed by atoms with Crippen molar-refractivity contribution < 1.29 is 4.79 Å². The maximum Gasteiger partial charge on any atom is 0.332 e. The van der Waals surface area contributed by atoms with Gasteiger partial charge in [-0.3, -0.25) is 18.7 Å². The molecule has 1 aromatic carbocycles. The number of ketones is 1. The van der Waals surface area contributed by atoms with Gasteiger partial charge in [0.1, 0.15) is 5.65 Å². The summed E-state index contributed by atoms with van der Waals surface area (Å²) in [6.45, 7) is 0. The number of rotatable bonds is 1. The van der Waals surface area contributed by atoms with Gasteiger partial charge in [0.05, 0.1) is 5.39 Å². The van der Waals surface area contributed by atoms with E-state index in [9.17, 15) is 14.4 Å². The average Bonchev–Trinajstić information content (AvgIpc) is 2.64. The quantitative estimate of drug-likeness (QED) is 0.659. The lowest BCUT2D eigenvalue weighted by molar-refractivity contribution is 0.0964. The largest absolute Gasteiger partial charge is 0.332 e. The van der Waals surface area contributed by atoms with Crippen molar-refractivity contribution in [3.63, 3.8) is 0 Å². The summed E-state index contributed by atoms with van der Waals surface area (Å²) >= 11 is 5.96. The van der Waals surface area contributed by atoms with Crippen LogP contribution in [0.5, 0.6) is 0 Å². The normalized spacial score (nSPS) is 16.7. The van der Waals surface area contributed by atoms with E-state index in [0.717, 1.165) is 10.1 Å². The van der Waals surface area contributed by atoms with E-state index in [1.54, 1.807) is 19.2 Å². The highest BCUT2D eigenvalue weighted by Gasteiger charge is 2.30. The average molecular weight is 370 g/mol. The zero-order valence-corrected chi connectivity index (χ0v) is 15.1. The molecule has 7 heteroatoms. The number of benzene rings is 1. The molecule has 0 bridgehead atoms. The monoisotopic (exact) mass is 369 g/mol. The Labute approximate surface area is 153 Å². The van der Waals surface area contributed by atoms with Crippen LogP contribution in [0.25, 0.3) is 11.0 Å². The highest BCUT2D eigenvalue weighted by molar-refractivity contribution is 6.30. The molecule has 2 heterocycles. The van der Waals surface area contributed by atoms with E-state index >= 15 is 0 Å². The summed E-state index contributed by atoms with van der Waals surface area (Å²) in [5, 5.41) is 0.980. The minimum absolute atomic E-state index is 0.0418. The van der Waals surface area contributed by atoms with Gasteiger partial charge in [0.25, 0.3) is 5.56 Å². The van der Waals surface area contributed by atoms with Crippen LogP contribution < -0.4 is 11.2 Å². The summed E-state index contributed by atoms with van der Waals surface area (Å²) in [4.78, 5) is 41.8. The molecule has 26 heavy (non-hydrogen) atoms. The lowest BCUT2D eigenvalue weighted by Crippen LogP contribution is -2.38. The number of aryl methyl sites for hydroxylation is 1. The first-order valence-corrected chi connectivity index (χ1v) is 8.62. The predicted octanol–water partition coefficient (Wildman–Crippen LogP) is 2.20. The molecule has 0 unspecified atom stereocenters. The molecule has 0 aliphatic heterocycles. The first kappa shape index (κ1) is 16.7. The summed E-state index contributed by atoms with van der Waals surface area (Å²) in [6, 6.07) is 7.40. The maximum atomic E-state index is 12.7. The molecule has 2 aromatic heterocycles. The minimum atomic E-state index is -0.439. The number of Topliss-reactive ketones (excluding diaryl/α,β-unsaturated/α-hetero) is 1. The van der Waals surface area contributed by atoms with Gasteiger partial charge in [-0.2, -0.15) is 0 Å². The zero-order valence-electron chi connectivity index (χ0n) is 14.3. The molecule has 3 aromatic rings. The van der Waals surface area contributed by atoms with Gasteiger partial charge in [0, 0.05) is 37.3 Å². The van der Waals surface area contributed by atoms with Crippen molar-refractivity contribution in [2.75, 3.05) is 0 Å². The number of fused-ring (bicyclic) bond motifs is 3. The van der Waals surface area contributed by atoms with Gasteiger partial charge in [-0.15, -0.1) is 0 Å². The van der Waals surface area contributed by atoms with Crippen LogP contribution in [-0.2, 0) is 20.5 Å². The van der Waals surface area contributed by atoms with Gasteiger partial charge < -0.3 is 0 Å². The molecule has 0 spiro atoms. The summed E-state index contributed by atoms with van der Waals surface area (Å²) in [6.07, 6.45) is 2.38. The molecular formula is C19H16ClN3O3. The second kappa shape index (κ2) is 5.92.